The van der Waals surface area contributed by atoms with Crippen molar-refractivity contribution in [2.75, 3.05) is 6.54 Å². The third-order valence-corrected chi connectivity index (χ3v) is 3.71. The van der Waals surface area contributed by atoms with Gasteiger partial charge in [-0.25, -0.2) is 0 Å². The summed E-state index contributed by atoms with van der Waals surface area (Å²) in [6.45, 7) is 8.09. The van der Waals surface area contributed by atoms with E-state index in [-0.39, 0.29) is 0 Å². The molecule has 0 amide bonds. The lowest BCUT2D eigenvalue weighted by Gasteiger charge is -2.30. The fourth-order valence-electron chi connectivity index (χ4n) is 2.13. The molecule has 1 aliphatic rings. The Morgan fingerprint density at radius 3 is 3.00 bits per heavy atom. The molecule has 0 saturated carbocycles. The molecular formula is C12H19NS. The summed E-state index contributed by atoms with van der Waals surface area (Å²) in [5.74, 6) is 0. The van der Waals surface area contributed by atoms with Crippen LogP contribution in [0.1, 0.15) is 43.7 Å². The number of nitrogens with one attached hydrogen (secondary N) is 1. The Labute approximate surface area is 90.5 Å². The van der Waals surface area contributed by atoms with Crippen LogP contribution in [0, 0.1) is 5.41 Å². The maximum absolute atomic E-state index is 3.62. The summed E-state index contributed by atoms with van der Waals surface area (Å²) in [5.41, 5.74) is 1.96. The normalized spacial score (nSPS) is 22.1. The molecule has 1 N–H and O–H groups in total. The molecule has 1 unspecified atom stereocenters. The molecule has 78 valence electrons. The van der Waals surface area contributed by atoms with Crippen molar-refractivity contribution in [1.29, 1.82) is 0 Å². The van der Waals surface area contributed by atoms with E-state index in [9.17, 15) is 0 Å². The highest BCUT2D eigenvalue weighted by Gasteiger charge is 2.25. The van der Waals surface area contributed by atoms with Crippen LogP contribution in [-0.4, -0.2) is 6.54 Å². The predicted octanol–water partition coefficient (Wildman–Crippen LogP) is 3.37. The Kier molecular flexibility index (Phi) is 2.67. The van der Waals surface area contributed by atoms with Crippen LogP contribution in [0.25, 0.3) is 0 Å². The largest absolute Gasteiger partial charge is 0.310 e. The van der Waals surface area contributed by atoms with E-state index in [2.05, 4.69) is 37.5 Å². The molecule has 1 atom stereocenters. The van der Waals surface area contributed by atoms with Crippen LogP contribution in [0.4, 0.5) is 0 Å². The zero-order valence-corrected chi connectivity index (χ0v) is 10.1. The minimum Gasteiger partial charge on any atom is -0.310 e. The van der Waals surface area contributed by atoms with Crippen LogP contribution in [0.3, 0.4) is 0 Å². The van der Waals surface area contributed by atoms with Gasteiger partial charge in [0.15, 0.2) is 0 Å². The molecule has 2 heterocycles. The van der Waals surface area contributed by atoms with Gasteiger partial charge in [-0.15, -0.1) is 11.3 Å². The minimum atomic E-state index is 0.411. The maximum Gasteiger partial charge on any atom is 0.0336 e. The van der Waals surface area contributed by atoms with Crippen molar-refractivity contribution in [3.63, 3.8) is 0 Å². The van der Waals surface area contributed by atoms with Crippen molar-refractivity contribution in [3.8, 4) is 0 Å². The van der Waals surface area contributed by atoms with Crippen molar-refractivity contribution < 1.29 is 0 Å². The second-order valence-electron chi connectivity index (χ2n) is 5.32. The summed E-state index contributed by atoms with van der Waals surface area (Å²) >= 11 is 1.92. The van der Waals surface area contributed by atoms with Crippen LogP contribution in [0.5, 0.6) is 0 Å². The Balaban J connectivity index is 2.16. The molecule has 1 aromatic rings. The van der Waals surface area contributed by atoms with Crippen molar-refractivity contribution in [2.45, 2.75) is 39.7 Å². The van der Waals surface area contributed by atoms with Crippen LogP contribution < -0.4 is 5.32 Å². The number of hydrogen-bond donors (Lipinski definition) is 1. The van der Waals surface area contributed by atoms with Gasteiger partial charge >= 0.3 is 0 Å². The fourth-order valence-corrected chi connectivity index (χ4v) is 3.07. The van der Waals surface area contributed by atoms with Gasteiger partial charge in [-0.1, -0.05) is 20.8 Å². The molecule has 1 aromatic heterocycles. The lowest BCUT2D eigenvalue weighted by atomic mass is 9.84. The molecule has 1 aliphatic heterocycles. The smallest absolute Gasteiger partial charge is 0.0336 e. The van der Waals surface area contributed by atoms with E-state index in [0.717, 1.165) is 6.54 Å². The Bertz CT molecular complexity index is 308. The molecule has 0 spiro atoms. The van der Waals surface area contributed by atoms with E-state index in [1.807, 2.05) is 11.3 Å². The van der Waals surface area contributed by atoms with E-state index in [1.54, 1.807) is 10.4 Å². The Morgan fingerprint density at radius 1 is 1.50 bits per heavy atom. The van der Waals surface area contributed by atoms with Gasteiger partial charge < -0.3 is 5.32 Å². The molecule has 1 nitrogen and oxygen atoms in total. The van der Waals surface area contributed by atoms with E-state index in [4.69, 9.17) is 0 Å². The summed E-state index contributed by atoms with van der Waals surface area (Å²) in [5, 5.41) is 5.85. The zero-order valence-electron chi connectivity index (χ0n) is 9.26. The average Bonchev–Trinajstić information content (AvgIpc) is 2.49. The monoisotopic (exact) mass is 209 g/mol. The van der Waals surface area contributed by atoms with Gasteiger partial charge in [0.1, 0.15) is 0 Å². The topological polar surface area (TPSA) is 12.0 Å². The van der Waals surface area contributed by atoms with Crippen molar-refractivity contribution in [3.05, 3.63) is 21.9 Å². The molecule has 2 heteroatoms. The lowest BCUT2D eigenvalue weighted by molar-refractivity contribution is 0.306. The SMILES string of the molecule is CC(C)(C)CC1NCCc2sccc21. The molecular weight excluding hydrogens is 190 g/mol. The molecule has 0 aliphatic carbocycles. The summed E-state index contributed by atoms with van der Waals surface area (Å²) in [7, 11) is 0. The van der Waals surface area contributed by atoms with Crippen molar-refractivity contribution in [2.24, 2.45) is 5.41 Å². The first-order valence-electron chi connectivity index (χ1n) is 5.36. The summed E-state index contributed by atoms with van der Waals surface area (Å²) < 4.78 is 0. The van der Waals surface area contributed by atoms with Gasteiger partial charge in [0.2, 0.25) is 0 Å². The van der Waals surface area contributed by atoms with E-state index in [1.165, 1.54) is 12.8 Å². The first-order valence-corrected chi connectivity index (χ1v) is 6.24. The third kappa shape index (κ3) is 2.18. The van der Waals surface area contributed by atoms with Gasteiger partial charge in [-0.3, -0.25) is 0 Å². The second kappa shape index (κ2) is 3.67. The Hall–Kier alpha value is -0.340. The zero-order chi connectivity index (χ0) is 10.2. The van der Waals surface area contributed by atoms with Gasteiger partial charge in [-0.05, 0) is 35.3 Å². The molecule has 0 bridgehead atoms. The van der Waals surface area contributed by atoms with Gasteiger partial charge in [0.05, 0.1) is 0 Å². The van der Waals surface area contributed by atoms with E-state index < -0.39 is 0 Å². The standard InChI is InChI=1S/C12H19NS/c1-12(2,3)8-10-9-5-7-14-11(9)4-6-13-10/h5,7,10,13H,4,6,8H2,1-3H3. The highest BCUT2D eigenvalue weighted by molar-refractivity contribution is 7.10. The highest BCUT2D eigenvalue weighted by atomic mass is 32.1. The summed E-state index contributed by atoms with van der Waals surface area (Å²) in [6.07, 6.45) is 2.45. The first-order chi connectivity index (χ1) is 6.56. The van der Waals surface area contributed by atoms with Crippen LogP contribution in [0.2, 0.25) is 0 Å². The number of fused-ring (bicyclic) bond motifs is 1. The molecule has 0 aromatic carbocycles. The molecule has 14 heavy (non-hydrogen) atoms. The van der Waals surface area contributed by atoms with Gasteiger partial charge in [0.25, 0.3) is 0 Å². The van der Waals surface area contributed by atoms with E-state index >= 15 is 0 Å². The fraction of sp³-hybridized carbons (Fsp3) is 0.667. The van der Waals surface area contributed by atoms with Gasteiger partial charge in [0, 0.05) is 17.5 Å². The molecule has 0 radical (unpaired) electrons. The quantitative estimate of drug-likeness (QED) is 0.747. The van der Waals surface area contributed by atoms with Crippen molar-refractivity contribution in [1.82, 2.24) is 5.32 Å². The lowest BCUT2D eigenvalue weighted by Crippen LogP contribution is -2.31. The van der Waals surface area contributed by atoms with E-state index in [0.29, 0.717) is 11.5 Å². The van der Waals surface area contributed by atoms with Crippen molar-refractivity contribution >= 4 is 11.3 Å². The Morgan fingerprint density at radius 2 is 2.29 bits per heavy atom. The minimum absolute atomic E-state index is 0.411. The second-order valence-corrected chi connectivity index (χ2v) is 6.32. The number of hydrogen-bond acceptors (Lipinski definition) is 2. The molecule has 0 saturated heterocycles. The first kappa shape index (κ1) is 10.2. The van der Waals surface area contributed by atoms with Crippen LogP contribution in [-0.2, 0) is 6.42 Å². The van der Waals surface area contributed by atoms with Gasteiger partial charge in [-0.2, -0.15) is 0 Å². The summed E-state index contributed by atoms with van der Waals surface area (Å²) in [4.78, 5) is 1.60. The predicted molar refractivity (Wildman–Crippen MR) is 62.8 cm³/mol. The van der Waals surface area contributed by atoms with Crippen LogP contribution in [0.15, 0.2) is 11.4 Å². The molecule has 0 fully saturated rings. The third-order valence-electron chi connectivity index (χ3n) is 2.71. The number of thiophene rings is 1. The molecule has 2 rings (SSSR count). The maximum atomic E-state index is 3.62. The highest BCUT2D eigenvalue weighted by Crippen LogP contribution is 2.35. The average molecular weight is 209 g/mol. The summed E-state index contributed by atoms with van der Waals surface area (Å²) in [6, 6.07) is 2.88. The number of rotatable bonds is 1. The van der Waals surface area contributed by atoms with Crippen LogP contribution >= 0.6 is 11.3 Å².